The molecular weight excluding hydrogens is 386 g/mol. The fourth-order valence-corrected chi connectivity index (χ4v) is 3.62. The number of carbonyl (C=O) groups is 1. The van der Waals surface area contributed by atoms with Gasteiger partial charge in [0.2, 0.25) is 0 Å². The van der Waals surface area contributed by atoms with E-state index < -0.39 is 5.97 Å². The van der Waals surface area contributed by atoms with E-state index in [9.17, 15) is 9.90 Å². The van der Waals surface area contributed by atoms with Crippen molar-refractivity contribution in [2.45, 2.75) is 58.5 Å². The van der Waals surface area contributed by atoms with Crippen LogP contribution in [0.25, 0.3) is 5.57 Å². The van der Waals surface area contributed by atoms with Crippen LogP contribution < -0.4 is 14.7 Å². The maximum absolute atomic E-state index is 9.92. The first-order chi connectivity index (χ1) is 15.0. The van der Waals surface area contributed by atoms with Crippen molar-refractivity contribution < 1.29 is 19.5 Å². The molecular formula is C27H37NO3. The Kier molecular flexibility index (Phi) is 10.9. The van der Waals surface area contributed by atoms with Gasteiger partial charge in [0.05, 0.1) is 20.6 Å². The maximum Gasteiger partial charge on any atom is 0.127 e. The number of unbranched alkanes of at least 4 members (excludes halogenated alkanes) is 4. The zero-order valence-electron chi connectivity index (χ0n) is 19.3. The van der Waals surface area contributed by atoms with E-state index in [-0.39, 0.29) is 6.42 Å². The molecule has 1 heterocycles. The summed E-state index contributed by atoms with van der Waals surface area (Å²) < 4.78 is 5.99. The van der Waals surface area contributed by atoms with Gasteiger partial charge in [0.15, 0.2) is 0 Å². The minimum Gasteiger partial charge on any atom is -0.550 e. The van der Waals surface area contributed by atoms with Crippen LogP contribution in [0.1, 0.15) is 68.6 Å². The smallest absolute Gasteiger partial charge is 0.127 e. The van der Waals surface area contributed by atoms with E-state index in [1.54, 1.807) is 0 Å². The lowest BCUT2D eigenvalue weighted by Crippen LogP contribution is -3.05. The fourth-order valence-electron chi connectivity index (χ4n) is 3.62. The van der Waals surface area contributed by atoms with Crippen LogP contribution >= 0.6 is 0 Å². The molecule has 0 spiro atoms. The normalized spacial score (nSPS) is 13.5. The first kappa shape index (κ1) is 24.7. The Hall–Kier alpha value is -2.59. The SMILES string of the molecule is CCCCCCCC(=O)[O-].C[NH+](C)CC/C=C1/c2ccccc2COc2ccccc21. The molecule has 4 heteroatoms. The minimum atomic E-state index is -0.920. The van der Waals surface area contributed by atoms with Crippen LogP contribution in [-0.2, 0) is 11.4 Å². The third kappa shape index (κ3) is 8.58. The molecule has 0 bridgehead atoms. The quantitative estimate of drug-likeness (QED) is 0.627. The number of hydrogen-bond acceptors (Lipinski definition) is 3. The Morgan fingerprint density at radius 1 is 1.00 bits per heavy atom. The average molecular weight is 424 g/mol. The second kappa shape index (κ2) is 13.7. The predicted octanol–water partition coefficient (Wildman–Crippen LogP) is 3.64. The highest BCUT2D eigenvalue weighted by atomic mass is 16.5. The Bertz CT molecular complexity index is 792. The second-order valence-electron chi connectivity index (χ2n) is 8.34. The fraction of sp³-hybridized carbons (Fsp3) is 0.444. The van der Waals surface area contributed by atoms with Crippen LogP contribution in [0.5, 0.6) is 5.75 Å². The molecule has 0 atom stereocenters. The van der Waals surface area contributed by atoms with E-state index in [4.69, 9.17) is 4.74 Å². The number of benzene rings is 2. The molecule has 0 fully saturated rings. The number of fused-ring (bicyclic) bond motifs is 2. The van der Waals surface area contributed by atoms with Gasteiger partial charge in [0, 0.05) is 18.0 Å². The molecule has 1 aliphatic heterocycles. The number of hydrogen-bond donors (Lipinski definition) is 1. The van der Waals surface area contributed by atoms with Gasteiger partial charge in [-0.15, -0.1) is 0 Å². The lowest BCUT2D eigenvalue weighted by molar-refractivity contribution is -0.857. The highest BCUT2D eigenvalue weighted by molar-refractivity contribution is 5.84. The van der Waals surface area contributed by atoms with Crippen LogP contribution in [-0.4, -0.2) is 26.6 Å². The molecule has 0 amide bonds. The Balaban J connectivity index is 0.000000291. The monoisotopic (exact) mass is 423 g/mol. The Morgan fingerprint density at radius 2 is 1.68 bits per heavy atom. The van der Waals surface area contributed by atoms with Gasteiger partial charge in [-0.25, -0.2) is 0 Å². The summed E-state index contributed by atoms with van der Waals surface area (Å²) in [7, 11) is 4.38. The summed E-state index contributed by atoms with van der Waals surface area (Å²) in [6.07, 6.45) is 9.04. The van der Waals surface area contributed by atoms with Crippen molar-refractivity contribution >= 4 is 11.5 Å². The third-order valence-electron chi connectivity index (χ3n) is 5.35. The molecule has 1 N–H and O–H groups in total. The lowest BCUT2D eigenvalue weighted by Gasteiger charge is -2.11. The van der Waals surface area contributed by atoms with E-state index in [1.165, 1.54) is 40.0 Å². The molecule has 4 nitrogen and oxygen atoms in total. The summed E-state index contributed by atoms with van der Waals surface area (Å²) in [5.74, 6) is 0.0636. The van der Waals surface area contributed by atoms with Crippen molar-refractivity contribution in [2.24, 2.45) is 0 Å². The number of carboxylic acid groups (broad SMARTS) is 1. The van der Waals surface area contributed by atoms with E-state index in [0.717, 1.165) is 38.0 Å². The summed E-state index contributed by atoms with van der Waals surface area (Å²) in [6.45, 7) is 3.91. The van der Waals surface area contributed by atoms with Crippen molar-refractivity contribution in [1.82, 2.24) is 0 Å². The highest BCUT2D eigenvalue weighted by Gasteiger charge is 2.18. The van der Waals surface area contributed by atoms with Crippen LogP contribution in [0, 0.1) is 0 Å². The zero-order valence-corrected chi connectivity index (χ0v) is 19.3. The minimum absolute atomic E-state index is 0.226. The number of ether oxygens (including phenoxy) is 1. The predicted molar refractivity (Wildman–Crippen MR) is 125 cm³/mol. The van der Waals surface area contributed by atoms with Gasteiger partial charge in [0.1, 0.15) is 12.4 Å². The number of para-hydroxylation sites is 1. The second-order valence-corrected chi connectivity index (χ2v) is 8.34. The zero-order chi connectivity index (χ0) is 22.5. The Morgan fingerprint density at radius 3 is 2.39 bits per heavy atom. The lowest BCUT2D eigenvalue weighted by atomic mass is 9.93. The highest BCUT2D eigenvalue weighted by Crippen LogP contribution is 2.36. The van der Waals surface area contributed by atoms with Gasteiger partial charge in [-0.05, 0) is 35.6 Å². The van der Waals surface area contributed by atoms with E-state index in [1.807, 2.05) is 6.07 Å². The number of carbonyl (C=O) groups excluding carboxylic acids is 1. The van der Waals surface area contributed by atoms with Gasteiger partial charge in [-0.1, -0.05) is 81.1 Å². The molecule has 0 aromatic heterocycles. The molecule has 0 saturated carbocycles. The van der Waals surface area contributed by atoms with Crippen molar-refractivity contribution in [1.29, 1.82) is 0 Å². The molecule has 2 aromatic carbocycles. The van der Waals surface area contributed by atoms with Crippen LogP contribution in [0.2, 0.25) is 0 Å². The van der Waals surface area contributed by atoms with Crippen molar-refractivity contribution in [3.63, 3.8) is 0 Å². The first-order valence-electron chi connectivity index (χ1n) is 11.5. The van der Waals surface area contributed by atoms with E-state index >= 15 is 0 Å². The summed E-state index contributed by atoms with van der Waals surface area (Å²) in [4.78, 5) is 11.4. The topological polar surface area (TPSA) is 53.8 Å². The number of nitrogens with one attached hydrogen (secondary N) is 1. The van der Waals surface area contributed by atoms with Crippen molar-refractivity contribution in [3.8, 4) is 5.75 Å². The number of rotatable bonds is 9. The van der Waals surface area contributed by atoms with Gasteiger partial charge >= 0.3 is 0 Å². The molecule has 0 aliphatic carbocycles. The summed E-state index contributed by atoms with van der Waals surface area (Å²) in [6, 6.07) is 16.9. The van der Waals surface area contributed by atoms with Crippen molar-refractivity contribution in [2.75, 3.05) is 20.6 Å². The van der Waals surface area contributed by atoms with Crippen molar-refractivity contribution in [3.05, 3.63) is 71.3 Å². The molecule has 0 saturated heterocycles. The van der Waals surface area contributed by atoms with Crippen LogP contribution in [0.3, 0.4) is 0 Å². The Labute approximate surface area is 187 Å². The average Bonchev–Trinajstić information content (AvgIpc) is 2.91. The molecule has 1 aliphatic rings. The van der Waals surface area contributed by atoms with Crippen LogP contribution in [0.4, 0.5) is 0 Å². The van der Waals surface area contributed by atoms with Gasteiger partial charge in [0.25, 0.3) is 0 Å². The standard InChI is InChI=1S/C19H21NO.C8H16O2/c1-20(2)13-7-11-17-16-9-4-3-8-15(16)14-21-19-12-6-5-10-18(17)19;1-2-3-4-5-6-7-8(9)10/h3-6,8-12H,7,13-14H2,1-2H3;2-7H2,1H3,(H,9,10)/b17-11-;. The van der Waals surface area contributed by atoms with Gasteiger partial charge in [-0.3, -0.25) is 0 Å². The number of aliphatic carboxylic acids is 1. The summed E-state index contributed by atoms with van der Waals surface area (Å²) in [5, 5.41) is 9.92. The van der Waals surface area contributed by atoms with Gasteiger partial charge < -0.3 is 19.5 Å². The molecule has 168 valence electrons. The van der Waals surface area contributed by atoms with Crippen LogP contribution in [0.15, 0.2) is 54.6 Å². The molecule has 3 rings (SSSR count). The molecule has 0 unspecified atom stereocenters. The summed E-state index contributed by atoms with van der Waals surface area (Å²) >= 11 is 0. The number of carboxylic acids is 1. The van der Waals surface area contributed by atoms with E-state index in [0.29, 0.717) is 6.61 Å². The van der Waals surface area contributed by atoms with E-state index in [2.05, 4.69) is 69.6 Å². The van der Waals surface area contributed by atoms with Gasteiger partial charge in [-0.2, -0.15) is 0 Å². The summed E-state index contributed by atoms with van der Waals surface area (Å²) in [5.41, 5.74) is 5.07. The first-order valence-corrected chi connectivity index (χ1v) is 11.5. The third-order valence-corrected chi connectivity index (χ3v) is 5.35. The molecule has 0 radical (unpaired) electrons. The molecule has 31 heavy (non-hydrogen) atoms. The number of quaternary nitrogens is 1. The maximum atomic E-state index is 9.92. The molecule has 2 aromatic rings. The largest absolute Gasteiger partial charge is 0.550 e.